The van der Waals surface area contributed by atoms with Crippen LogP contribution in [0.1, 0.15) is 23.2 Å². The second-order valence-electron chi connectivity index (χ2n) is 6.62. The van der Waals surface area contributed by atoms with E-state index in [2.05, 4.69) is 12.1 Å². The van der Waals surface area contributed by atoms with Crippen molar-refractivity contribution in [3.63, 3.8) is 0 Å². The molecule has 6 nitrogen and oxygen atoms in total. The molecule has 0 aromatic heterocycles. The summed E-state index contributed by atoms with van der Waals surface area (Å²) < 4.78 is 0. The molecule has 2 aromatic carbocycles. The summed E-state index contributed by atoms with van der Waals surface area (Å²) in [5.74, 6) is 0.390. The standard InChI is InChI=1S/C20H20N4O2/c21-13-19(15-1-5-17(25)6-2-15)23-9-11-24(12-10-23)20(14-22)16-3-7-18(26)8-4-16/h1-8,19-20,25-26H,9-12H2/p+2/t19-,20-/m1/s1. The van der Waals surface area contributed by atoms with E-state index in [-0.39, 0.29) is 23.6 Å². The molecule has 1 aliphatic rings. The van der Waals surface area contributed by atoms with Crippen LogP contribution in [0.4, 0.5) is 0 Å². The molecule has 0 spiro atoms. The Kier molecular flexibility index (Phi) is 5.38. The highest BCUT2D eigenvalue weighted by molar-refractivity contribution is 5.30. The van der Waals surface area contributed by atoms with Gasteiger partial charge < -0.3 is 20.0 Å². The first kappa shape index (κ1) is 17.8. The molecule has 1 aliphatic heterocycles. The third-order valence-corrected chi connectivity index (χ3v) is 5.06. The topological polar surface area (TPSA) is 96.9 Å². The second kappa shape index (κ2) is 7.88. The van der Waals surface area contributed by atoms with Crippen LogP contribution in [0.5, 0.6) is 11.5 Å². The molecule has 0 unspecified atom stereocenters. The maximum absolute atomic E-state index is 9.61. The third-order valence-electron chi connectivity index (χ3n) is 5.06. The quantitative estimate of drug-likeness (QED) is 0.609. The number of benzene rings is 2. The summed E-state index contributed by atoms with van der Waals surface area (Å²) in [7, 11) is 0. The molecular formula is C20H22N4O2+2. The largest absolute Gasteiger partial charge is 0.508 e. The zero-order valence-electron chi connectivity index (χ0n) is 14.4. The molecule has 0 saturated carbocycles. The zero-order valence-corrected chi connectivity index (χ0v) is 14.4. The Morgan fingerprint density at radius 3 is 1.23 bits per heavy atom. The van der Waals surface area contributed by atoms with Crippen LogP contribution in [-0.4, -0.2) is 36.4 Å². The maximum Gasteiger partial charge on any atom is 0.201 e. The van der Waals surface area contributed by atoms with Gasteiger partial charge in [0.05, 0.1) is 0 Å². The van der Waals surface area contributed by atoms with Gasteiger partial charge in [-0.1, -0.05) is 0 Å². The van der Waals surface area contributed by atoms with E-state index in [1.807, 2.05) is 0 Å². The Labute approximate surface area is 152 Å². The number of nitrogens with zero attached hydrogens (tertiary/aromatic N) is 2. The van der Waals surface area contributed by atoms with Gasteiger partial charge in [-0.05, 0) is 48.5 Å². The van der Waals surface area contributed by atoms with Crippen molar-refractivity contribution in [3.05, 3.63) is 59.7 Å². The van der Waals surface area contributed by atoms with Crippen LogP contribution >= 0.6 is 0 Å². The van der Waals surface area contributed by atoms with Crippen molar-refractivity contribution >= 4 is 0 Å². The van der Waals surface area contributed by atoms with E-state index in [1.165, 1.54) is 9.80 Å². The average molecular weight is 350 g/mol. The van der Waals surface area contributed by atoms with E-state index in [0.717, 1.165) is 37.3 Å². The fourth-order valence-corrected chi connectivity index (χ4v) is 3.61. The number of aromatic hydroxyl groups is 2. The highest BCUT2D eigenvalue weighted by Gasteiger charge is 2.34. The zero-order chi connectivity index (χ0) is 18.5. The highest BCUT2D eigenvalue weighted by Crippen LogP contribution is 2.16. The van der Waals surface area contributed by atoms with Crippen LogP contribution < -0.4 is 9.80 Å². The SMILES string of the molecule is N#C[C@H](c1ccc(O)cc1)[NH+]1CC[NH+]([C@H](C#N)c2ccc(O)cc2)CC1. The average Bonchev–Trinajstić information content (AvgIpc) is 2.67. The number of hydrogen-bond donors (Lipinski definition) is 4. The number of nitrogens with one attached hydrogen (secondary N) is 2. The lowest BCUT2D eigenvalue weighted by Crippen LogP contribution is -3.28. The smallest absolute Gasteiger partial charge is 0.201 e. The van der Waals surface area contributed by atoms with E-state index in [0.29, 0.717) is 0 Å². The summed E-state index contributed by atoms with van der Waals surface area (Å²) in [5.41, 5.74) is 1.80. The van der Waals surface area contributed by atoms with Gasteiger partial charge in [-0.2, -0.15) is 10.5 Å². The monoisotopic (exact) mass is 350 g/mol. The van der Waals surface area contributed by atoms with Crippen molar-refractivity contribution in [2.24, 2.45) is 0 Å². The molecule has 132 valence electrons. The normalized spacial score (nSPS) is 21.9. The molecule has 4 N–H and O–H groups in total. The minimum absolute atomic E-state index is 0.195. The minimum Gasteiger partial charge on any atom is -0.508 e. The molecule has 1 heterocycles. The summed E-state index contributed by atoms with van der Waals surface area (Å²) >= 11 is 0. The van der Waals surface area contributed by atoms with Crippen LogP contribution in [0.3, 0.4) is 0 Å². The molecule has 2 aromatic rings. The van der Waals surface area contributed by atoms with Crippen molar-refractivity contribution in [2.45, 2.75) is 12.1 Å². The fraction of sp³-hybridized carbons (Fsp3) is 0.300. The number of piperazine rings is 1. The van der Waals surface area contributed by atoms with Crippen molar-refractivity contribution in [3.8, 4) is 23.6 Å². The number of hydrogen-bond acceptors (Lipinski definition) is 4. The Bertz CT molecular complexity index is 741. The Hall–Kier alpha value is -3.06. The fourth-order valence-electron chi connectivity index (χ4n) is 3.61. The van der Waals surface area contributed by atoms with Gasteiger partial charge in [0.15, 0.2) is 0 Å². The number of phenols is 2. The predicted octanol–water partition coefficient (Wildman–Crippen LogP) is -0.289. The lowest BCUT2D eigenvalue weighted by Gasteiger charge is -2.34. The van der Waals surface area contributed by atoms with Gasteiger partial charge in [0.1, 0.15) is 49.8 Å². The van der Waals surface area contributed by atoms with Crippen molar-refractivity contribution in [1.82, 2.24) is 0 Å². The Morgan fingerprint density at radius 2 is 0.962 bits per heavy atom. The molecule has 0 aliphatic carbocycles. The number of quaternary nitrogens is 2. The lowest BCUT2D eigenvalue weighted by atomic mass is 10.0. The van der Waals surface area contributed by atoms with Crippen molar-refractivity contribution in [2.75, 3.05) is 26.2 Å². The number of rotatable bonds is 4. The van der Waals surface area contributed by atoms with Crippen LogP contribution in [-0.2, 0) is 0 Å². The van der Waals surface area contributed by atoms with Crippen molar-refractivity contribution in [1.29, 1.82) is 10.5 Å². The predicted molar refractivity (Wildman–Crippen MR) is 94.3 cm³/mol. The molecule has 1 fully saturated rings. The molecule has 0 radical (unpaired) electrons. The molecule has 0 amide bonds. The first-order valence-corrected chi connectivity index (χ1v) is 8.68. The van der Waals surface area contributed by atoms with Gasteiger partial charge in [-0.3, -0.25) is 0 Å². The van der Waals surface area contributed by atoms with Gasteiger partial charge in [0, 0.05) is 11.1 Å². The third kappa shape index (κ3) is 3.78. The van der Waals surface area contributed by atoms with E-state index in [9.17, 15) is 20.7 Å². The maximum atomic E-state index is 9.61. The van der Waals surface area contributed by atoms with Crippen LogP contribution in [0, 0.1) is 22.7 Å². The summed E-state index contributed by atoms with van der Waals surface area (Å²) in [6, 6.07) is 17.8. The van der Waals surface area contributed by atoms with Crippen LogP contribution in [0.15, 0.2) is 48.5 Å². The van der Waals surface area contributed by atoms with Gasteiger partial charge in [0.2, 0.25) is 12.1 Å². The molecular weight excluding hydrogens is 328 g/mol. The molecule has 0 bridgehead atoms. The van der Waals surface area contributed by atoms with Crippen LogP contribution in [0.2, 0.25) is 0 Å². The van der Waals surface area contributed by atoms with E-state index < -0.39 is 0 Å². The van der Waals surface area contributed by atoms with E-state index >= 15 is 0 Å². The molecule has 1 saturated heterocycles. The lowest BCUT2D eigenvalue weighted by molar-refractivity contribution is -1.03. The first-order valence-electron chi connectivity index (χ1n) is 8.68. The Balaban J connectivity index is 1.67. The summed E-state index contributed by atoms with van der Waals surface area (Å²) in [6.45, 7) is 3.19. The second-order valence-corrected chi connectivity index (χ2v) is 6.62. The number of nitriles is 2. The summed E-state index contributed by atoms with van der Waals surface area (Å²) in [5, 5.41) is 38.1. The van der Waals surface area contributed by atoms with Gasteiger partial charge in [-0.15, -0.1) is 0 Å². The van der Waals surface area contributed by atoms with Gasteiger partial charge >= 0.3 is 0 Å². The van der Waals surface area contributed by atoms with Crippen LogP contribution in [0.25, 0.3) is 0 Å². The van der Waals surface area contributed by atoms with Crippen molar-refractivity contribution < 1.29 is 20.0 Å². The van der Waals surface area contributed by atoms with Gasteiger partial charge in [0.25, 0.3) is 0 Å². The summed E-state index contributed by atoms with van der Waals surface area (Å²) in [4.78, 5) is 2.37. The molecule has 6 heteroatoms. The highest BCUT2D eigenvalue weighted by atomic mass is 16.3. The van der Waals surface area contributed by atoms with Gasteiger partial charge in [-0.25, -0.2) is 0 Å². The van der Waals surface area contributed by atoms with E-state index in [1.54, 1.807) is 48.5 Å². The summed E-state index contributed by atoms with van der Waals surface area (Å²) in [6.07, 6.45) is 0. The molecule has 2 atom stereocenters. The first-order chi connectivity index (χ1) is 12.6. The molecule has 3 rings (SSSR count). The minimum atomic E-state index is -0.272. The number of phenolic OH excluding ortho intramolecular Hbond substituents is 2. The van der Waals surface area contributed by atoms with E-state index in [4.69, 9.17) is 0 Å². The Morgan fingerprint density at radius 1 is 0.654 bits per heavy atom. The molecule has 26 heavy (non-hydrogen) atoms.